The molecule has 0 radical (unpaired) electrons. The standard InChI is InChI=1S/C25H29FN4O3S/c1-29-17-20(16-27-29)34(31,32)28-8-11-33-25-15-21-19(13-23(25)26)14-24(30-9-5-10-30)22(21)12-18-6-3-2-4-7-18/h2-4,6-7,13,15-17,22,24,28H,5,8-12,14H2,1H3. The highest BCUT2D eigenvalue weighted by Crippen LogP contribution is 2.42. The number of hydrogen-bond donors (Lipinski definition) is 1. The Kier molecular flexibility index (Phi) is 6.42. The van der Waals surface area contributed by atoms with E-state index >= 15 is 0 Å². The molecule has 0 saturated carbocycles. The third kappa shape index (κ3) is 4.73. The molecule has 1 aliphatic carbocycles. The summed E-state index contributed by atoms with van der Waals surface area (Å²) in [6.45, 7) is 2.23. The molecule has 9 heteroatoms. The van der Waals surface area contributed by atoms with E-state index in [1.54, 1.807) is 13.1 Å². The summed E-state index contributed by atoms with van der Waals surface area (Å²) in [7, 11) is -2.03. The summed E-state index contributed by atoms with van der Waals surface area (Å²) in [5.74, 6) is 0.0305. The Bertz CT molecular complexity index is 1260. The number of rotatable bonds is 9. The Balaban J connectivity index is 1.29. The van der Waals surface area contributed by atoms with Crippen molar-refractivity contribution in [3.05, 3.63) is 77.4 Å². The van der Waals surface area contributed by atoms with Crippen molar-refractivity contribution in [2.24, 2.45) is 7.05 Å². The molecule has 7 nitrogen and oxygen atoms in total. The van der Waals surface area contributed by atoms with Crippen LogP contribution in [0.2, 0.25) is 0 Å². The SMILES string of the molecule is Cn1cc(S(=O)(=O)NCCOc2cc3c(cc2F)CC(N2CCC2)C3Cc2ccccc2)cn1. The molecule has 180 valence electrons. The highest BCUT2D eigenvalue weighted by atomic mass is 32.2. The number of aryl methyl sites for hydroxylation is 1. The average molecular weight is 485 g/mol. The molecule has 2 unspecified atom stereocenters. The van der Waals surface area contributed by atoms with Crippen molar-refractivity contribution in [2.45, 2.75) is 36.1 Å². The molecule has 0 spiro atoms. The van der Waals surface area contributed by atoms with Crippen LogP contribution in [0.25, 0.3) is 0 Å². The number of hydrogen-bond acceptors (Lipinski definition) is 5. The van der Waals surface area contributed by atoms with Gasteiger partial charge in [-0.1, -0.05) is 30.3 Å². The molecule has 0 amide bonds. The zero-order chi connectivity index (χ0) is 23.7. The molecular formula is C25H29FN4O3S. The molecular weight excluding hydrogens is 455 g/mol. The molecule has 3 aromatic rings. The van der Waals surface area contributed by atoms with Gasteiger partial charge in [-0.25, -0.2) is 17.5 Å². The lowest BCUT2D eigenvalue weighted by molar-refractivity contribution is 0.106. The fraction of sp³-hybridized carbons (Fsp3) is 0.400. The molecule has 1 aliphatic heterocycles. The number of fused-ring (bicyclic) bond motifs is 1. The number of ether oxygens (including phenoxy) is 1. The maximum atomic E-state index is 14.9. The highest BCUT2D eigenvalue weighted by Gasteiger charge is 2.39. The lowest BCUT2D eigenvalue weighted by atomic mass is 9.89. The lowest BCUT2D eigenvalue weighted by Crippen LogP contribution is -2.47. The third-order valence-electron chi connectivity index (χ3n) is 6.79. The number of aromatic nitrogens is 2. The second-order valence-corrected chi connectivity index (χ2v) is 10.8. The number of nitrogens with zero attached hydrogens (tertiary/aromatic N) is 3. The average Bonchev–Trinajstić information content (AvgIpc) is 3.35. The topological polar surface area (TPSA) is 76.5 Å². The Morgan fingerprint density at radius 3 is 2.68 bits per heavy atom. The fourth-order valence-electron chi connectivity index (χ4n) is 4.95. The van der Waals surface area contributed by atoms with Gasteiger partial charge in [0.05, 0.1) is 6.20 Å². The summed E-state index contributed by atoms with van der Waals surface area (Å²) in [6, 6.07) is 14.2. The van der Waals surface area contributed by atoms with Gasteiger partial charge in [0.2, 0.25) is 10.0 Å². The summed E-state index contributed by atoms with van der Waals surface area (Å²) in [4.78, 5) is 2.58. The van der Waals surface area contributed by atoms with Gasteiger partial charge in [-0.2, -0.15) is 5.10 Å². The number of halogens is 1. The number of benzene rings is 2. The van der Waals surface area contributed by atoms with Crippen molar-refractivity contribution in [3.63, 3.8) is 0 Å². The highest BCUT2D eigenvalue weighted by molar-refractivity contribution is 7.89. The third-order valence-corrected chi connectivity index (χ3v) is 8.20. The van der Waals surface area contributed by atoms with Gasteiger partial charge >= 0.3 is 0 Å². The van der Waals surface area contributed by atoms with E-state index in [4.69, 9.17) is 4.74 Å². The van der Waals surface area contributed by atoms with E-state index in [1.165, 1.54) is 29.1 Å². The predicted octanol–water partition coefficient (Wildman–Crippen LogP) is 2.87. The number of likely N-dealkylation sites (tertiary alicyclic amines) is 1. The Morgan fingerprint density at radius 1 is 1.21 bits per heavy atom. The van der Waals surface area contributed by atoms with E-state index in [-0.39, 0.29) is 29.7 Å². The monoisotopic (exact) mass is 484 g/mol. The molecule has 1 fully saturated rings. The van der Waals surface area contributed by atoms with Crippen LogP contribution in [0, 0.1) is 5.82 Å². The van der Waals surface area contributed by atoms with Gasteiger partial charge in [-0.05, 0) is 61.2 Å². The first-order chi connectivity index (χ1) is 16.4. The van der Waals surface area contributed by atoms with Crippen molar-refractivity contribution in [3.8, 4) is 5.75 Å². The van der Waals surface area contributed by atoms with Crippen LogP contribution in [-0.2, 0) is 29.9 Å². The predicted molar refractivity (Wildman–Crippen MR) is 127 cm³/mol. The maximum Gasteiger partial charge on any atom is 0.243 e. The van der Waals surface area contributed by atoms with Crippen LogP contribution in [0.5, 0.6) is 5.75 Å². The largest absolute Gasteiger partial charge is 0.489 e. The molecule has 2 aromatic carbocycles. The lowest BCUT2D eigenvalue weighted by Gasteiger charge is -2.39. The van der Waals surface area contributed by atoms with Crippen LogP contribution in [0.3, 0.4) is 0 Å². The van der Waals surface area contributed by atoms with Crippen molar-refractivity contribution in [2.75, 3.05) is 26.2 Å². The van der Waals surface area contributed by atoms with Crippen LogP contribution < -0.4 is 9.46 Å². The van der Waals surface area contributed by atoms with E-state index < -0.39 is 15.8 Å². The van der Waals surface area contributed by atoms with Crippen molar-refractivity contribution >= 4 is 10.0 Å². The zero-order valence-electron chi connectivity index (χ0n) is 19.2. The van der Waals surface area contributed by atoms with Crippen LogP contribution in [-0.4, -0.2) is 55.4 Å². The normalized spacial score (nSPS) is 20.2. The molecule has 1 saturated heterocycles. The molecule has 0 bridgehead atoms. The van der Waals surface area contributed by atoms with E-state index in [0.717, 1.165) is 37.1 Å². The Labute approximate surface area is 199 Å². The molecule has 1 aromatic heterocycles. The summed E-state index contributed by atoms with van der Waals surface area (Å²) < 4.78 is 49.1. The van der Waals surface area contributed by atoms with Gasteiger partial charge in [0.1, 0.15) is 11.5 Å². The fourth-order valence-corrected chi connectivity index (χ4v) is 5.94. The quantitative estimate of drug-likeness (QED) is 0.473. The molecule has 1 N–H and O–H groups in total. The first kappa shape index (κ1) is 23.0. The van der Waals surface area contributed by atoms with E-state index in [0.29, 0.717) is 6.04 Å². The van der Waals surface area contributed by atoms with Crippen molar-refractivity contribution in [1.29, 1.82) is 0 Å². The van der Waals surface area contributed by atoms with Gasteiger partial charge in [-0.15, -0.1) is 0 Å². The minimum Gasteiger partial charge on any atom is -0.489 e. The minimum absolute atomic E-state index is 0.0219. The zero-order valence-corrected chi connectivity index (χ0v) is 20.0. The van der Waals surface area contributed by atoms with Gasteiger partial charge in [0, 0.05) is 31.7 Å². The van der Waals surface area contributed by atoms with Crippen LogP contribution in [0.15, 0.2) is 59.8 Å². The van der Waals surface area contributed by atoms with Gasteiger partial charge in [-0.3, -0.25) is 9.58 Å². The van der Waals surface area contributed by atoms with Crippen LogP contribution >= 0.6 is 0 Å². The number of sulfonamides is 1. The summed E-state index contributed by atoms with van der Waals surface area (Å²) >= 11 is 0. The Hall–Kier alpha value is -2.75. The van der Waals surface area contributed by atoms with Crippen molar-refractivity contribution < 1.29 is 17.5 Å². The molecule has 5 rings (SSSR count). The first-order valence-corrected chi connectivity index (χ1v) is 13.1. The van der Waals surface area contributed by atoms with E-state index in [1.807, 2.05) is 12.1 Å². The summed E-state index contributed by atoms with van der Waals surface area (Å²) in [5.41, 5.74) is 3.44. The molecule has 2 atom stereocenters. The summed E-state index contributed by atoms with van der Waals surface area (Å²) in [6.07, 6.45) is 5.65. The number of nitrogens with one attached hydrogen (secondary N) is 1. The van der Waals surface area contributed by atoms with Gasteiger partial charge < -0.3 is 4.74 Å². The molecule has 34 heavy (non-hydrogen) atoms. The first-order valence-electron chi connectivity index (χ1n) is 11.6. The molecule has 2 heterocycles. The van der Waals surface area contributed by atoms with E-state index in [2.05, 4.69) is 39.0 Å². The van der Waals surface area contributed by atoms with Crippen LogP contribution in [0.1, 0.15) is 29.0 Å². The van der Waals surface area contributed by atoms with E-state index in [9.17, 15) is 12.8 Å². The minimum atomic E-state index is -3.68. The van der Waals surface area contributed by atoms with Crippen LogP contribution in [0.4, 0.5) is 4.39 Å². The second kappa shape index (κ2) is 9.48. The maximum absolute atomic E-state index is 14.9. The smallest absolute Gasteiger partial charge is 0.243 e. The molecule has 2 aliphatic rings. The van der Waals surface area contributed by atoms with Gasteiger partial charge in [0.25, 0.3) is 0 Å². The summed E-state index contributed by atoms with van der Waals surface area (Å²) in [5, 5.41) is 3.88. The van der Waals surface area contributed by atoms with Gasteiger partial charge in [0.15, 0.2) is 11.6 Å². The van der Waals surface area contributed by atoms with Crippen molar-refractivity contribution in [1.82, 2.24) is 19.4 Å². The Morgan fingerprint density at radius 2 is 2.00 bits per heavy atom. The second-order valence-electron chi connectivity index (χ2n) is 9.03.